The summed E-state index contributed by atoms with van der Waals surface area (Å²) in [6.07, 6.45) is 1.88. The number of hydrogen-bond donors (Lipinski definition) is 3. The lowest BCUT2D eigenvalue weighted by molar-refractivity contribution is 0.102. The first-order chi connectivity index (χ1) is 14.2. The molecule has 0 bridgehead atoms. The SMILES string of the molecule is Cc1ccccc1C(=O)Nc1ccc(S(=O)(=O)N[C@H](C)C2CCNCC2)c(C)c1Cl.Cl. The highest BCUT2D eigenvalue weighted by molar-refractivity contribution is 7.89. The molecule has 1 amide bonds. The lowest BCUT2D eigenvalue weighted by atomic mass is 9.92. The normalized spacial score (nSPS) is 15.7. The number of benzene rings is 2. The second-order valence-corrected chi connectivity index (χ2v) is 9.88. The minimum atomic E-state index is -3.73. The number of carbonyl (C=O) groups excluding carboxylic acids is 1. The smallest absolute Gasteiger partial charge is 0.255 e. The van der Waals surface area contributed by atoms with E-state index >= 15 is 0 Å². The predicted octanol–water partition coefficient (Wildman–Crippen LogP) is 4.30. The van der Waals surface area contributed by atoms with Crippen LogP contribution in [0.1, 0.15) is 41.3 Å². The van der Waals surface area contributed by atoms with E-state index in [4.69, 9.17) is 11.6 Å². The van der Waals surface area contributed by atoms with Crippen molar-refractivity contribution in [1.82, 2.24) is 10.0 Å². The van der Waals surface area contributed by atoms with Gasteiger partial charge in [-0.15, -0.1) is 12.4 Å². The van der Waals surface area contributed by atoms with E-state index < -0.39 is 10.0 Å². The number of nitrogens with one attached hydrogen (secondary N) is 3. The Kier molecular flexibility index (Phi) is 8.92. The number of piperidine rings is 1. The zero-order valence-corrected chi connectivity index (χ0v) is 20.3. The quantitative estimate of drug-likeness (QED) is 0.569. The Morgan fingerprint density at radius 1 is 1.13 bits per heavy atom. The van der Waals surface area contributed by atoms with Crippen LogP contribution in [0.2, 0.25) is 5.02 Å². The molecule has 1 saturated heterocycles. The minimum Gasteiger partial charge on any atom is -0.321 e. The van der Waals surface area contributed by atoms with Gasteiger partial charge < -0.3 is 10.6 Å². The summed E-state index contributed by atoms with van der Waals surface area (Å²) in [7, 11) is -3.73. The summed E-state index contributed by atoms with van der Waals surface area (Å²) in [4.78, 5) is 12.7. The number of amides is 1. The summed E-state index contributed by atoms with van der Waals surface area (Å²) >= 11 is 6.45. The molecule has 3 N–H and O–H groups in total. The van der Waals surface area contributed by atoms with E-state index in [9.17, 15) is 13.2 Å². The number of aryl methyl sites for hydroxylation is 1. The van der Waals surface area contributed by atoms with Gasteiger partial charge in [0.05, 0.1) is 15.6 Å². The van der Waals surface area contributed by atoms with Gasteiger partial charge in [0, 0.05) is 11.6 Å². The van der Waals surface area contributed by atoms with Crippen molar-refractivity contribution in [2.75, 3.05) is 18.4 Å². The number of carbonyl (C=O) groups is 1. The lowest BCUT2D eigenvalue weighted by Crippen LogP contribution is -2.42. The van der Waals surface area contributed by atoms with Gasteiger partial charge in [-0.3, -0.25) is 4.79 Å². The number of hydrogen-bond acceptors (Lipinski definition) is 4. The van der Waals surface area contributed by atoms with Crippen LogP contribution in [0.5, 0.6) is 0 Å². The molecule has 0 aliphatic carbocycles. The molecule has 1 fully saturated rings. The molecule has 9 heteroatoms. The Hall–Kier alpha value is -1.64. The largest absolute Gasteiger partial charge is 0.321 e. The van der Waals surface area contributed by atoms with Gasteiger partial charge in [0.25, 0.3) is 5.91 Å². The van der Waals surface area contributed by atoms with Crippen molar-refractivity contribution in [3.8, 4) is 0 Å². The summed E-state index contributed by atoms with van der Waals surface area (Å²) in [6, 6.07) is 10.1. The van der Waals surface area contributed by atoms with Gasteiger partial charge in [0.15, 0.2) is 0 Å². The van der Waals surface area contributed by atoms with Crippen LogP contribution in [0.25, 0.3) is 0 Å². The molecule has 1 heterocycles. The first kappa shape index (κ1) is 25.6. The summed E-state index contributed by atoms with van der Waals surface area (Å²) in [5.41, 5.74) is 2.18. The monoisotopic (exact) mass is 485 g/mol. The number of sulfonamides is 1. The average Bonchev–Trinajstić information content (AvgIpc) is 2.72. The number of halogens is 2. The first-order valence-corrected chi connectivity index (χ1v) is 12.0. The summed E-state index contributed by atoms with van der Waals surface area (Å²) in [5, 5.41) is 6.29. The minimum absolute atomic E-state index is 0. The summed E-state index contributed by atoms with van der Waals surface area (Å²) < 4.78 is 28.8. The molecule has 2 aromatic carbocycles. The Balaban J connectivity index is 0.00000341. The number of rotatable bonds is 6. The molecule has 6 nitrogen and oxygen atoms in total. The van der Waals surface area contributed by atoms with Crippen LogP contribution in [0.15, 0.2) is 41.3 Å². The zero-order chi connectivity index (χ0) is 21.9. The van der Waals surface area contributed by atoms with Crippen molar-refractivity contribution < 1.29 is 13.2 Å². The maximum atomic E-state index is 13.0. The molecular weight excluding hydrogens is 457 g/mol. The van der Waals surface area contributed by atoms with E-state index in [-0.39, 0.29) is 34.3 Å². The van der Waals surface area contributed by atoms with Crippen LogP contribution in [0, 0.1) is 19.8 Å². The highest BCUT2D eigenvalue weighted by Crippen LogP contribution is 2.31. The van der Waals surface area contributed by atoms with Crippen molar-refractivity contribution in [2.24, 2.45) is 5.92 Å². The maximum Gasteiger partial charge on any atom is 0.255 e. The van der Waals surface area contributed by atoms with Gasteiger partial charge >= 0.3 is 0 Å². The summed E-state index contributed by atoms with van der Waals surface area (Å²) in [5.74, 6) is 0.00661. The van der Waals surface area contributed by atoms with Gasteiger partial charge in [-0.1, -0.05) is 29.8 Å². The van der Waals surface area contributed by atoms with E-state index in [1.807, 2.05) is 26.0 Å². The van der Waals surface area contributed by atoms with Crippen LogP contribution in [-0.2, 0) is 10.0 Å². The molecule has 1 atom stereocenters. The van der Waals surface area contributed by atoms with Gasteiger partial charge in [-0.2, -0.15) is 0 Å². The zero-order valence-electron chi connectivity index (χ0n) is 17.9. The van der Waals surface area contributed by atoms with Crippen molar-refractivity contribution in [3.05, 3.63) is 58.1 Å². The standard InChI is InChI=1S/C22H28ClN3O3S.ClH/c1-14-6-4-5-7-18(14)22(27)25-19-8-9-20(15(2)21(19)23)30(28,29)26-16(3)17-10-12-24-13-11-17;/h4-9,16-17,24,26H,10-13H2,1-3H3,(H,25,27);1H/t16-;/m1./s1. The molecule has 1 aliphatic heterocycles. The van der Waals surface area contributed by atoms with Crippen molar-refractivity contribution >= 4 is 45.6 Å². The third-order valence-corrected chi connectivity index (χ3v) is 7.89. The molecule has 1 aliphatic rings. The number of anilines is 1. The van der Waals surface area contributed by atoms with Crippen molar-refractivity contribution in [2.45, 2.75) is 44.6 Å². The molecular formula is C22H29Cl2N3O3S. The van der Waals surface area contributed by atoms with Crippen molar-refractivity contribution in [3.63, 3.8) is 0 Å². The van der Waals surface area contributed by atoms with Crippen LogP contribution in [-0.4, -0.2) is 33.5 Å². The third kappa shape index (κ3) is 5.99. The van der Waals surface area contributed by atoms with Crippen LogP contribution in [0.4, 0.5) is 5.69 Å². The predicted molar refractivity (Wildman–Crippen MR) is 128 cm³/mol. The van der Waals surface area contributed by atoms with E-state index in [2.05, 4.69) is 15.4 Å². The van der Waals surface area contributed by atoms with E-state index in [1.54, 1.807) is 19.1 Å². The fourth-order valence-corrected chi connectivity index (χ4v) is 5.65. The van der Waals surface area contributed by atoms with E-state index in [1.165, 1.54) is 12.1 Å². The second-order valence-electron chi connectivity index (χ2n) is 7.82. The maximum absolute atomic E-state index is 13.0. The molecule has 2 aromatic rings. The van der Waals surface area contributed by atoms with E-state index in [0.29, 0.717) is 22.7 Å². The Morgan fingerprint density at radius 3 is 2.42 bits per heavy atom. The third-order valence-electron chi connectivity index (χ3n) is 5.70. The summed E-state index contributed by atoms with van der Waals surface area (Å²) in [6.45, 7) is 7.21. The Labute approximate surface area is 195 Å². The van der Waals surface area contributed by atoms with Gasteiger partial charge in [-0.25, -0.2) is 13.1 Å². The molecule has 0 saturated carbocycles. The van der Waals surface area contributed by atoms with Gasteiger partial charge in [0.2, 0.25) is 10.0 Å². The van der Waals surface area contributed by atoms with Crippen LogP contribution >= 0.6 is 24.0 Å². The molecule has 0 spiro atoms. The fourth-order valence-electron chi connectivity index (χ4n) is 3.82. The van der Waals surface area contributed by atoms with Crippen molar-refractivity contribution in [1.29, 1.82) is 0 Å². The Bertz CT molecular complexity index is 1040. The second kappa shape index (κ2) is 10.8. The topological polar surface area (TPSA) is 87.3 Å². The first-order valence-electron chi connectivity index (χ1n) is 10.1. The lowest BCUT2D eigenvalue weighted by Gasteiger charge is -2.29. The van der Waals surface area contributed by atoms with Gasteiger partial charge in [-0.05, 0) is 81.9 Å². The molecule has 0 unspecified atom stereocenters. The molecule has 3 rings (SSSR count). The van der Waals surface area contributed by atoms with Crippen LogP contribution in [0.3, 0.4) is 0 Å². The van der Waals surface area contributed by atoms with Gasteiger partial charge in [0.1, 0.15) is 0 Å². The van der Waals surface area contributed by atoms with Crippen LogP contribution < -0.4 is 15.4 Å². The molecule has 0 aromatic heterocycles. The molecule has 0 radical (unpaired) electrons. The average molecular weight is 486 g/mol. The van der Waals surface area contributed by atoms with E-state index in [0.717, 1.165) is 31.5 Å². The highest BCUT2D eigenvalue weighted by atomic mass is 35.5. The molecule has 170 valence electrons. The Morgan fingerprint density at radius 2 is 1.77 bits per heavy atom. The highest BCUT2D eigenvalue weighted by Gasteiger charge is 2.27. The molecule has 31 heavy (non-hydrogen) atoms. The fraction of sp³-hybridized carbons (Fsp3) is 0.409.